The summed E-state index contributed by atoms with van der Waals surface area (Å²) in [5.41, 5.74) is -0.274. The van der Waals surface area contributed by atoms with Crippen molar-refractivity contribution < 1.29 is 22.8 Å². The van der Waals surface area contributed by atoms with E-state index < -0.39 is 36.3 Å². The van der Waals surface area contributed by atoms with Gasteiger partial charge in [-0.25, -0.2) is 0 Å². The molecular weight excluding hydrogens is 373 g/mol. The standard InChI is InChI=1S/C19H21F3N4O2/c1-4-14-12(2)26(25-17(14)19(20,21)22)11-16(27)24-15(18(28)23-3)10-13-8-6-5-7-9-13/h4-9,15H,1,10-11H2,2-3H3,(H,23,28)(H,24,27). The number of alkyl halides is 3. The molecule has 1 atom stereocenters. The minimum atomic E-state index is -4.66. The molecule has 2 amide bonds. The Labute approximate surface area is 160 Å². The minimum Gasteiger partial charge on any atom is -0.357 e. The number of carbonyl (C=O) groups excluding carboxylic acids is 2. The molecule has 150 valence electrons. The first-order valence-corrected chi connectivity index (χ1v) is 8.49. The zero-order valence-corrected chi connectivity index (χ0v) is 15.5. The van der Waals surface area contributed by atoms with Crippen LogP contribution in [-0.4, -0.2) is 34.7 Å². The maximum absolute atomic E-state index is 13.1. The van der Waals surface area contributed by atoms with E-state index in [0.29, 0.717) is 0 Å². The summed E-state index contributed by atoms with van der Waals surface area (Å²) in [5.74, 6) is -1.03. The molecule has 1 heterocycles. The Morgan fingerprint density at radius 2 is 1.93 bits per heavy atom. The Bertz CT molecular complexity index is 860. The lowest BCUT2D eigenvalue weighted by molar-refractivity contribution is -0.142. The fourth-order valence-electron chi connectivity index (χ4n) is 2.78. The third kappa shape index (κ3) is 4.99. The average molecular weight is 394 g/mol. The van der Waals surface area contributed by atoms with Crippen LogP contribution in [0.2, 0.25) is 0 Å². The largest absolute Gasteiger partial charge is 0.435 e. The molecule has 2 aromatic rings. The molecule has 0 aliphatic rings. The van der Waals surface area contributed by atoms with Gasteiger partial charge in [0.05, 0.1) is 0 Å². The molecule has 0 bridgehead atoms. The Balaban J connectivity index is 2.18. The van der Waals surface area contributed by atoms with E-state index in [-0.39, 0.29) is 17.7 Å². The first-order chi connectivity index (χ1) is 13.2. The third-order valence-corrected chi connectivity index (χ3v) is 4.20. The Morgan fingerprint density at radius 3 is 2.43 bits per heavy atom. The Morgan fingerprint density at radius 1 is 1.29 bits per heavy atom. The highest BCUT2D eigenvalue weighted by Gasteiger charge is 2.38. The van der Waals surface area contributed by atoms with Crippen molar-refractivity contribution in [2.75, 3.05) is 7.05 Å². The second-order valence-electron chi connectivity index (χ2n) is 6.13. The number of likely N-dealkylation sites (N-methyl/N-ethyl adjacent to an activating group) is 1. The zero-order valence-electron chi connectivity index (χ0n) is 15.5. The molecule has 2 rings (SSSR count). The second-order valence-corrected chi connectivity index (χ2v) is 6.13. The van der Waals surface area contributed by atoms with Crippen LogP contribution >= 0.6 is 0 Å². The summed E-state index contributed by atoms with van der Waals surface area (Å²) in [6.07, 6.45) is -3.35. The molecule has 1 unspecified atom stereocenters. The van der Waals surface area contributed by atoms with Gasteiger partial charge in [0, 0.05) is 24.7 Å². The summed E-state index contributed by atoms with van der Waals surface area (Å²) < 4.78 is 40.2. The van der Waals surface area contributed by atoms with Gasteiger partial charge in [-0.3, -0.25) is 14.3 Å². The summed E-state index contributed by atoms with van der Waals surface area (Å²) in [5, 5.41) is 8.54. The number of carbonyl (C=O) groups is 2. The monoisotopic (exact) mass is 394 g/mol. The molecule has 1 aromatic heterocycles. The van der Waals surface area contributed by atoms with Gasteiger partial charge in [-0.05, 0) is 12.5 Å². The number of hydrogen-bond acceptors (Lipinski definition) is 3. The highest BCUT2D eigenvalue weighted by molar-refractivity contribution is 5.87. The molecule has 0 fully saturated rings. The zero-order chi connectivity index (χ0) is 20.9. The maximum atomic E-state index is 13.1. The molecular formula is C19H21F3N4O2. The van der Waals surface area contributed by atoms with E-state index in [1.165, 1.54) is 14.0 Å². The number of nitrogens with zero attached hydrogens (tertiary/aromatic N) is 2. The summed E-state index contributed by atoms with van der Waals surface area (Å²) in [7, 11) is 1.44. The SMILES string of the molecule is C=Cc1c(C(F)(F)F)nn(CC(=O)NC(Cc2ccccc2)C(=O)NC)c1C. The smallest absolute Gasteiger partial charge is 0.357 e. The van der Waals surface area contributed by atoms with Gasteiger partial charge < -0.3 is 10.6 Å². The van der Waals surface area contributed by atoms with Crippen LogP contribution in [0, 0.1) is 6.92 Å². The van der Waals surface area contributed by atoms with Crippen molar-refractivity contribution in [3.8, 4) is 0 Å². The molecule has 28 heavy (non-hydrogen) atoms. The second kappa shape index (κ2) is 8.73. The van der Waals surface area contributed by atoms with Crippen LogP contribution < -0.4 is 10.6 Å². The van der Waals surface area contributed by atoms with E-state index in [0.717, 1.165) is 16.3 Å². The molecule has 9 heteroatoms. The lowest BCUT2D eigenvalue weighted by Gasteiger charge is -2.17. The van der Waals surface area contributed by atoms with Crippen molar-refractivity contribution in [3.63, 3.8) is 0 Å². The van der Waals surface area contributed by atoms with Gasteiger partial charge in [0.25, 0.3) is 0 Å². The van der Waals surface area contributed by atoms with Gasteiger partial charge in [0.15, 0.2) is 5.69 Å². The quantitative estimate of drug-likeness (QED) is 0.757. The molecule has 0 spiro atoms. The Kier molecular flexibility index (Phi) is 6.61. The minimum absolute atomic E-state index is 0.164. The first kappa shape index (κ1) is 21.2. The van der Waals surface area contributed by atoms with Crippen LogP contribution in [0.1, 0.15) is 22.5 Å². The van der Waals surface area contributed by atoms with Crippen LogP contribution in [-0.2, 0) is 28.7 Å². The van der Waals surface area contributed by atoms with Crippen LogP contribution in [0.5, 0.6) is 0 Å². The number of halogens is 3. The van der Waals surface area contributed by atoms with Gasteiger partial charge >= 0.3 is 6.18 Å². The van der Waals surface area contributed by atoms with Gasteiger partial charge in [-0.15, -0.1) is 0 Å². The predicted molar refractivity (Wildman–Crippen MR) is 98.2 cm³/mol. The fourth-order valence-corrected chi connectivity index (χ4v) is 2.78. The maximum Gasteiger partial charge on any atom is 0.435 e. The van der Waals surface area contributed by atoms with Crippen LogP contribution in [0.25, 0.3) is 6.08 Å². The molecule has 0 saturated carbocycles. The van der Waals surface area contributed by atoms with E-state index in [2.05, 4.69) is 22.3 Å². The molecule has 0 radical (unpaired) electrons. The molecule has 6 nitrogen and oxygen atoms in total. The van der Waals surface area contributed by atoms with Gasteiger partial charge in [-0.2, -0.15) is 18.3 Å². The van der Waals surface area contributed by atoms with Gasteiger partial charge in [0.1, 0.15) is 12.6 Å². The summed E-state index contributed by atoms with van der Waals surface area (Å²) >= 11 is 0. The van der Waals surface area contributed by atoms with Crippen LogP contribution in [0.4, 0.5) is 13.2 Å². The van der Waals surface area contributed by atoms with E-state index in [9.17, 15) is 22.8 Å². The summed E-state index contributed by atoms with van der Waals surface area (Å²) in [6.45, 7) is 4.35. The highest BCUT2D eigenvalue weighted by Crippen LogP contribution is 2.32. The van der Waals surface area contributed by atoms with Gasteiger partial charge in [-0.1, -0.05) is 43.0 Å². The molecule has 1 aromatic carbocycles. The number of aromatic nitrogens is 2. The van der Waals surface area contributed by atoms with E-state index in [1.807, 2.05) is 18.2 Å². The van der Waals surface area contributed by atoms with Gasteiger partial charge in [0.2, 0.25) is 11.8 Å². The van der Waals surface area contributed by atoms with Crippen LogP contribution in [0.3, 0.4) is 0 Å². The molecule has 2 N–H and O–H groups in total. The highest BCUT2D eigenvalue weighted by atomic mass is 19.4. The molecule has 0 aliphatic heterocycles. The Hall–Kier alpha value is -3.10. The van der Waals surface area contributed by atoms with E-state index in [4.69, 9.17) is 0 Å². The lowest BCUT2D eigenvalue weighted by atomic mass is 10.1. The van der Waals surface area contributed by atoms with Crippen molar-refractivity contribution in [1.29, 1.82) is 0 Å². The van der Waals surface area contributed by atoms with Crippen LogP contribution in [0.15, 0.2) is 36.9 Å². The normalized spacial score (nSPS) is 12.3. The van der Waals surface area contributed by atoms with Crippen molar-refractivity contribution in [3.05, 3.63) is 59.4 Å². The first-order valence-electron chi connectivity index (χ1n) is 8.49. The number of benzene rings is 1. The summed E-state index contributed by atoms with van der Waals surface area (Å²) in [6, 6.07) is 8.20. The number of rotatable bonds is 7. The molecule has 0 aliphatic carbocycles. The topological polar surface area (TPSA) is 76.0 Å². The molecule has 0 saturated heterocycles. The van der Waals surface area contributed by atoms with Crippen molar-refractivity contribution in [1.82, 2.24) is 20.4 Å². The number of nitrogens with one attached hydrogen (secondary N) is 2. The number of amides is 2. The van der Waals surface area contributed by atoms with E-state index in [1.54, 1.807) is 12.1 Å². The van der Waals surface area contributed by atoms with Crippen molar-refractivity contribution in [2.45, 2.75) is 32.1 Å². The predicted octanol–water partition coefficient (Wildman–Crippen LogP) is 2.33. The number of hydrogen-bond donors (Lipinski definition) is 2. The lowest BCUT2D eigenvalue weighted by Crippen LogP contribution is -2.48. The van der Waals surface area contributed by atoms with Crippen molar-refractivity contribution >= 4 is 17.9 Å². The van der Waals surface area contributed by atoms with Crippen molar-refractivity contribution in [2.24, 2.45) is 0 Å². The average Bonchev–Trinajstić information content (AvgIpc) is 2.97. The fraction of sp³-hybridized carbons (Fsp3) is 0.316. The van der Waals surface area contributed by atoms with E-state index >= 15 is 0 Å². The summed E-state index contributed by atoms with van der Waals surface area (Å²) in [4.78, 5) is 24.5. The third-order valence-electron chi connectivity index (χ3n) is 4.20.